The van der Waals surface area contributed by atoms with Crippen molar-refractivity contribution in [3.05, 3.63) is 28.7 Å². The van der Waals surface area contributed by atoms with Crippen LogP contribution in [0.1, 0.15) is 25.7 Å². The lowest BCUT2D eigenvalue weighted by Crippen LogP contribution is -2.26. The van der Waals surface area contributed by atoms with Gasteiger partial charge in [-0.3, -0.25) is 4.79 Å². The van der Waals surface area contributed by atoms with Crippen molar-refractivity contribution in [1.29, 1.82) is 5.26 Å². The highest BCUT2D eigenvalue weighted by Crippen LogP contribution is 2.37. The van der Waals surface area contributed by atoms with Gasteiger partial charge in [0, 0.05) is 17.3 Å². The lowest BCUT2D eigenvalue weighted by Gasteiger charge is -2.18. The lowest BCUT2D eigenvalue weighted by molar-refractivity contribution is -0.123. The summed E-state index contributed by atoms with van der Waals surface area (Å²) in [6.07, 6.45) is 2.51. The van der Waals surface area contributed by atoms with E-state index < -0.39 is 5.41 Å². The summed E-state index contributed by atoms with van der Waals surface area (Å²) < 4.78 is 6.57. The van der Waals surface area contributed by atoms with Crippen LogP contribution in [0.25, 0.3) is 0 Å². The Morgan fingerprint density at radius 3 is 2.67 bits per heavy atom. The predicted octanol–water partition coefficient (Wildman–Crippen LogP) is 3.48. The molecule has 0 radical (unpaired) electrons. The maximum atomic E-state index is 11.7. The van der Waals surface area contributed by atoms with Crippen molar-refractivity contribution < 1.29 is 9.53 Å². The number of ketones is 1. The summed E-state index contributed by atoms with van der Waals surface area (Å²) in [6.45, 7) is 0.404. The third kappa shape index (κ3) is 2.73. The van der Waals surface area contributed by atoms with E-state index in [0.29, 0.717) is 25.9 Å². The SMILES string of the molecule is N#CC1(CCOc2ccc(Br)cc2)CCCC1=O. The number of rotatable bonds is 4. The van der Waals surface area contributed by atoms with Gasteiger partial charge in [-0.25, -0.2) is 0 Å². The fourth-order valence-corrected chi connectivity index (χ4v) is 2.51. The summed E-state index contributed by atoms with van der Waals surface area (Å²) in [4.78, 5) is 11.7. The molecule has 0 bridgehead atoms. The van der Waals surface area contributed by atoms with Gasteiger partial charge in [0.1, 0.15) is 11.2 Å². The number of hydrogen-bond donors (Lipinski definition) is 0. The van der Waals surface area contributed by atoms with Crippen molar-refractivity contribution in [3.8, 4) is 11.8 Å². The molecular formula is C14H14BrNO2. The van der Waals surface area contributed by atoms with Crippen LogP contribution in [0.3, 0.4) is 0 Å². The predicted molar refractivity (Wildman–Crippen MR) is 71.2 cm³/mol. The van der Waals surface area contributed by atoms with Crippen molar-refractivity contribution in [2.24, 2.45) is 5.41 Å². The minimum atomic E-state index is -0.796. The van der Waals surface area contributed by atoms with Gasteiger partial charge < -0.3 is 4.74 Å². The molecule has 0 spiro atoms. The lowest BCUT2D eigenvalue weighted by atomic mass is 9.84. The molecule has 1 unspecified atom stereocenters. The molecule has 0 saturated heterocycles. The molecule has 0 aromatic heterocycles. The number of carbonyl (C=O) groups is 1. The van der Waals surface area contributed by atoms with Crippen LogP contribution in [-0.2, 0) is 4.79 Å². The van der Waals surface area contributed by atoms with Gasteiger partial charge in [-0.05, 0) is 37.1 Å². The van der Waals surface area contributed by atoms with Crippen LogP contribution < -0.4 is 4.74 Å². The zero-order valence-electron chi connectivity index (χ0n) is 9.99. The minimum absolute atomic E-state index is 0.0735. The third-order valence-corrected chi connectivity index (χ3v) is 3.90. The molecule has 1 aliphatic rings. The molecule has 1 atom stereocenters. The molecule has 1 aromatic rings. The molecule has 3 nitrogen and oxygen atoms in total. The maximum Gasteiger partial charge on any atom is 0.153 e. The number of Topliss-reactive ketones (excluding diaryl/α,β-unsaturated/α-hetero) is 1. The number of hydrogen-bond acceptors (Lipinski definition) is 3. The van der Waals surface area contributed by atoms with Crippen LogP contribution in [0, 0.1) is 16.7 Å². The van der Waals surface area contributed by atoms with E-state index in [1.165, 1.54) is 0 Å². The van der Waals surface area contributed by atoms with Crippen LogP contribution in [0.15, 0.2) is 28.7 Å². The van der Waals surface area contributed by atoms with Crippen LogP contribution in [-0.4, -0.2) is 12.4 Å². The number of halogens is 1. The van der Waals surface area contributed by atoms with E-state index >= 15 is 0 Å². The fraction of sp³-hybridized carbons (Fsp3) is 0.429. The van der Waals surface area contributed by atoms with Gasteiger partial charge in [0.2, 0.25) is 0 Å². The quantitative estimate of drug-likeness (QED) is 0.855. The average molecular weight is 308 g/mol. The first-order valence-electron chi connectivity index (χ1n) is 5.99. The summed E-state index contributed by atoms with van der Waals surface area (Å²) in [5.74, 6) is 0.834. The van der Waals surface area contributed by atoms with Crippen molar-refractivity contribution in [3.63, 3.8) is 0 Å². The molecule has 0 heterocycles. The van der Waals surface area contributed by atoms with Gasteiger partial charge in [0.05, 0.1) is 12.7 Å². The molecule has 18 heavy (non-hydrogen) atoms. The number of benzene rings is 1. The summed E-state index contributed by atoms with van der Waals surface area (Å²) >= 11 is 3.35. The molecule has 0 aliphatic heterocycles. The highest BCUT2D eigenvalue weighted by atomic mass is 79.9. The monoisotopic (exact) mass is 307 g/mol. The number of nitrogens with zero attached hydrogens (tertiary/aromatic N) is 1. The number of nitriles is 1. The van der Waals surface area contributed by atoms with E-state index in [-0.39, 0.29) is 5.78 Å². The Kier molecular flexibility index (Phi) is 4.03. The molecule has 1 aromatic carbocycles. The highest BCUT2D eigenvalue weighted by Gasteiger charge is 2.41. The standard InChI is InChI=1S/C14H14BrNO2/c15-11-3-5-12(6-4-11)18-9-8-14(10-16)7-1-2-13(14)17/h3-6H,1-2,7-9H2. The van der Waals surface area contributed by atoms with Gasteiger partial charge in [-0.2, -0.15) is 5.26 Å². The van der Waals surface area contributed by atoms with Crippen molar-refractivity contribution in [2.45, 2.75) is 25.7 Å². The minimum Gasteiger partial charge on any atom is -0.494 e. The molecule has 1 aliphatic carbocycles. The summed E-state index contributed by atoms with van der Waals surface area (Å²) in [6, 6.07) is 9.70. The van der Waals surface area contributed by atoms with Gasteiger partial charge >= 0.3 is 0 Å². The Bertz CT molecular complexity index is 478. The molecular weight excluding hydrogens is 294 g/mol. The number of ether oxygens (including phenoxy) is 1. The Morgan fingerprint density at radius 1 is 1.39 bits per heavy atom. The van der Waals surface area contributed by atoms with Gasteiger partial charge in [0.15, 0.2) is 5.78 Å². The first kappa shape index (κ1) is 13.1. The second kappa shape index (κ2) is 5.53. The van der Waals surface area contributed by atoms with E-state index in [1.807, 2.05) is 24.3 Å². The van der Waals surface area contributed by atoms with E-state index in [0.717, 1.165) is 16.6 Å². The highest BCUT2D eigenvalue weighted by molar-refractivity contribution is 9.10. The number of carbonyl (C=O) groups excluding carboxylic acids is 1. The third-order valence-electron chi connectivity index (χ3n) is 3.37. The fourth-order valence-electron chi connectivity index (χ4n) is 2.24. The average Bonchev–Trinajstić information content (AvgIpc) is 2.74. The Balaban J connectivity index is 1.90. The molecule has 1 saturated carbocycles. The van der Waals surface area contributed by atoms with Crippen molar-refractivity contribution >= 4 is 21.7 Å². The summed E-state index contributed by atoms with van der Waals surface area (Å²) in [7, 11) is 0. The van der Waals surface area contributed by atoms with E-state index in [1.54, 1.807) is 0 Å². The molecule has 0 amide bonds. The zero-order chi connectivity index (χ0) is 13.0. The largest absolute Gasteiger partial charge is 0.494 e. The smallest absolute Gasteiger partial charge is 0.153 e. The summed E-state index contributed by atoms with van der Waals surface area (Å²) in [5, 5.41) is 9.19. The molecule has 2 rings (SSSR count). The Hall–Kier alpha value is -1.34. The molecule has 4 heteroatoms. The maximum absolute atomic E-state index is 11.7. The second-order valence-corrected chi connectivity index (χ2v) is 5.44. The van der Waals surface area contributed by atoms with Crippen molar-refractivity contribution in [2.75, 3.05) is 6.61 Å². The molecule has 0 N–H and O–H groups in total. The van der Waals surface area contributed by atoms with Gasteiger partial charge in [-0.1, -0.05) is 15.9 Å². The molecule has 94 valence electrons. The van der Waals surface area contributed by atoms with Crippen molar-refractivity contribution in [1.82, 2.24) is 0 Å². The Morgan fingerprint density at radius 2 is 2.11 bits per heavy atom. The van der Waals surface area contributed by atoms with E-state index in [9.17, 15) is 10.1 Å². The molecule has 1 fully saturated rings. The topological polar surface area (TPSA) is 50.1 Å². The van der Waals surface area contributed by atoms with Crippen LogP contribution in [0.5, 0.6) is 5.75 Å². The Labute approximate surface area is 115 Å². The normalized spacial score (nSPS) is 22.8. The summed E-state index contributed by atoms with van der Waals surface area (Å²) in [5.41, 5.74) is -0.796. The first-order chi connectivity index (χ1) is 8.66. The van der Waals surface area contributed by atoms with Gasteiger partial charge in [-0.15, -0.1) is 0 Å². The second-order valence-electron chi connectivity index (χ2n) is 4.52. The van der Waals surface area contributed by atoms with Crippen LogP contribution in [0.2, 0.25) is 0 Å². The van der Waals surface area contributed by atoms with Gasteiger partial charge in [0.25, 0.3) is 0 Å². The van der Waals surface area contributed by atoms with Crippen LogP contribution >= 0.6 is 15.9 Å². The zero-order valence-corrected chi connectivity index (χ0v) is 11.6. The van der Waals surface area contributed by atoms with E-state index in [4.69, 9.17) is 4.74 Å². The first-order valence-corrected chi connectivity index (χ1v) is 6.78. The van der Waals surface area contributed by atoms with E-state index in [2.05, 4.69) is 22.0 Å². The van der Waals surface area contributed by atoms with Crippen LogP contribution in [0.4, 0.5) is 0 Å².